The molecule has 1 atom stereocenters. The summed E-state index contributed by atoms with van der Waals surface area (Å²) in [5.41, 5.74) is 3.48. The van der Waals surface area contributed by atoms with Gasteiger partial charge in [0.25, 0.3) is 0 Å². The van der Waals surface area contributed by atoms with E-state index >= 15 is 0 Å². The summed E-state index contributed by atoms with van der Waals surface area (Å²) in [6, 6.07) is 14.6. The van der Waals surface area contributed by atoms with E-state index < -0.39 is 11.6 Å². The molecule has 0 aliphatic carbocycles. The fourth-order valence-electron chi connectivity index (χ4n) is 3.97. The highest BCUT2D eigenvalue weighted by atomic mass is 19.2. The number of benzene rings is 2. The number of allylic oxidation sites excluding steroid dienone is 1. The van der Waals surface area contributed by atoms with Crippen molar-refractivity contribution in [3.05, 3.63) is 90.7 Å². The van der Waals surface area contributed by atoms with Gasteiger partial charge in [-0.05, 0) is 56.4 Å². The van der Waals surface area contributed by atoms with Gasteiger partial charge < -0.3 is 9.47 Å². The van der Waals surface area contributed by atoms with E-state index in [1.165, 1.54) is 31.1 Å². The normalized spacial score (nSPS) is 12.1. The lowest BCUT2D eigenvalue weighted by Crippen LogP contribution is -2.08. The Hall–Kier alpha value is -3.31. The first kappa shape index (κ1) is 28.3. The predicted molar refractivity (Wildman–Crippen MR) is 149 cm³/mol. The maximum atomic E-state index is 14.6. The van der Waals surface area contributed by atoms with Crippen LogP contribution in [0, 0.1) is 11.6 Å². The molecular formula is C32H37F2NO2. The Labute approximate surface area is 219 Å². The van der Waals surface area contributed by atoms with Crippen LogP contribution in [0.2, 0.25) is 0 Å². The summed E-state index contributed by atoms with van der Waals surface area (Å²) in [4.78, 5) is 4.47. The Balaban J connectivity index is 1.52. The van der Waals surface area contributed by atoms with Crippen LogP contribution in [0.3, 0.4) is 0 Å². The van der Waals surface area contributed by atoms with Crippen molar-refractivity contribution in [2.75, 3.05) is 13.2 Å². The SMILES string of the molecule is C=CCOc1ccc(-c2ccc(-c3ccc(C=CCCCC(C)OCCCCC)cc3)nc2)c(F)c1F. The number of hydrogen-bond donors (Lipinski definition) is 0. The minimum Gasteiger partial charge on any atom is -0.486 e. The van der Waals surface area contributed by atoms with Crippen molar-refractivity contribution >= 4 is 6.08 Å². The number of hydrogen-bond acceptors (Lipinski definition) is 3. The largest absolute Gasteiger partial charge is 0.486 e. The molecule has 0 aliphatic heterocycles. The van der Waals surface area contributed by atoms with Crippen molar-refractivity contribution in [2.24, 2.45) is 0 Å². The van der Waals surface area contributed by atoms with Gasteiger partial charge in [0, 0.05) is 29.5 Å². The van der Waals surface area contributed by atoms with E-state index in [1.54, 1.807) is 12.3 Å². The summed E-state index contributed by atoms with van der Waals surface area (Å²) in [5.74, 6) is -2.11. The van der Waals surface area contributed by atoms with Crippen LogP contribution >= 0.6 is 0 Å². The third kappa shape index (κ3) is 8.64. The standard InChI is InChI=1S/C32H37F2NO2/c1-4-6-10-22-36-24(3)11-8-7-9-12-25-13-15-26(16-14-25)29-19-17-27(23-35-29)28-18-20-30(37-21-5-2)32(34)31(28)33/h5,9,12-20,23-24H,2,4,6-8,10-11,21-22H2,1,3H3. The molecular weight excluding hydrogens is 468 g/mol. The molecule has 1 heterocycles. The molecule has 2 aromatic carbocycles. The van der Waals surface area contributed by atoms with Crippen LogP contribution in [0.1, 0.15) is 57.9 Å². The van der Waals surface area contributed by atoms with E-state index in [1.807, 2.05) is 18.2 Å². The zero-order chi connectivity index (χ0) is 26.5. The van der Waals surface area contributed by atoms with Crippen LogP contribution in [0.5, 0.6) is 5.75 Å². The number of rotatable bonds is 15. The molecule has 0 N–H and O–H groups in total. The van der Waals surface area contributed by atoms with Crippen LogP contribution in [-0.2, 0) is 4.74 Å². The van der Waals surface area contributed by atoms with Gasteiger partial charge in [-0.1, -0.05) is 74.9 Å². The highest BCUT2D eigenvalue weighted by Gasteiger charge is 2.16. The third-order valence-corrected chi connectivity index (χ3v) is 6.13. The summed E-state index contributed by atoms with van der Waals surface area (Å²) in [5, 5.41) is 0. The molecule has 3 aromatic rings. The number of pyridine rings is 1. The van der Waals surface area contributed by atoms with E-state index in [4.69, 9.17) is 9.47 Å². The van der Waals surface area contributed by atoms with Crippen LogP contribution in [0.25, 0.3) is 28.5 Å². The number of nitrogens with zero attached hydrogens (tertiary/aromatic N) is 1. The first-order chi connectivity index (χ1) is 18.0. The Morgan fingerprint density at radius 2 is 1.73 bits per heavy atom. The molecule has 0 saturated heterocycles. The molecule has 3 rings (SSSR count). The van der Waals surface area contributed by atoms with Crippen LogP contribution in [0.4, 0.5) is 8.78 Å². The predicted octanol–water partition coefficient (Wildman–Crippen LogP) is 9.04. The quantitative estimate of drug-likeness (QED) is 0.152. The lowest BCUT2D eigenvalue weighted by molar-refractivity contribution is 0.0566. The Morgan fingerprint density at radius 3 is 2.43 bits per heavy atom. The lowest BCUT2D eigenvalue weighted by Gasteiger charge is -2.12. The average molecular weight is 506 g/mol. The molecule has 0 radical (unpaired) electrons. The molecule has 0 aliphatic rings. The molecule has 0 bridgehead atoms. The van der Waals surface area contributed by atoms with E-state index in [9.17, 15) is 8.78 Å². The van der Waals surface area contributed by atoms with Gasteiger partial charge in [-0.15, -0.1) is 0 Å². The summed E-state index contributed by atoms with van der Waals surface area (Å²) >= 11 is 0. The molecule has 196 valence electrons. The van der Waals surface area contributed by atoms with Crippen LogP contribution < -0.4 is 4.74 Å². The minimum atomic E-state index is -1.02. The monoisotopic (exact) mass is 505 g/mol. The second-order valence-electron chi connectivity index (χ2n) is 9.11. The van der Waals surface area contributed by atoms with E-state index in [0.717, 1.165) is 49.1 Å². The van der Waals surface area contributed by atoms with Gasteiger partial charge in [-0.2, -0.15) is 4.39 Å². The summed E-state index contributed by atoms with van der Waals surface area (Å²) in [7, 11) is 0. The maximum absolute atomic E-state index is 14.6. The highest BCUT2D eigenvalue weighted by molar-refractivity contribution is 5.68. The number of aromatic nitrogens is 1. The van der Waals surface area contributed by atoms with Gasteiger partial charge in [0.05, 0.1) is 11.8 Å². The van der Waals surface area contributed by atoms with Gasteiger partial charge >= 0.3 is 0 Å². The molecule has 37 heavy (non-hydrogen) atoms. The number of unbranched alkanes of at least 4 members (excludes halogenated alkanes) is 3. The lowest BCUT2D eigenvalue weighted by atomic mass is 10.0. The second-order valence-corrected chi connectivity index (χ2v) is 9.11. The van der Waals surface area contributed by atoms with Crippen molar-refractivity contribution in [1.82, 2.24) is 4.98 Å². The topological polar surface area (TPSA) is 31.4 Å². The molecule has 1 unspecified atom stereocenters. The van der Waals surface area contributed by atoms with E-state index in [0.29, 0.717) is 11.7 Å². The van der Waals surface area contributed by atoms with Gasteiger partial charge in [-0.25, -0.2) is 4.39 Å². The van der Waals surface area contributed by atoms with Crippen LogP contribution in [-0.4, -0.2) is 24.3 Å². The Bertz CT molecular complexity index is 1140. The zero-order valence-electron chi connectivity index (χ0n) is 21.9. The third-order valence-electron chi connectivity index (χ3n) is 6.13. The molecule has 3 nitrogen and oxygen atoms in total. The van der Waals surface area contributed by atoms with Gasteiger partial charge in [0.15, 0.2) is 11.6 Å². The molecule has 5 heteroatoms. The van der Waals surface area contributed by atoms with Crippen molar-refractivity contribution in [1.29, 1.82) is 0 Å². The molecule has 1 aromatic heterocycles. The van der Waals surface area contributed by atoms with E-state index in [-0.39, 0.29) is 17.9 Å². The van der Waals surface area contributed by atoms with Crippen LogP contribution in [0.15, 0.2) is 73.5 Å². The number of ether oxygens (including phenoxy) is 2. The van der Waals surface area contributed by atoms with Crippen molar-refractivity contribution < 1.29 is 18.3 Å². The molecule has 0 spiro atoms. The smallest absolute Gasteiger partial charge is 0.201 e. The summed E-state index contributed by atoms with van der Waals surface area (Å²) in [6.45, 7) is 8.84. The number of halogens is 2. The summed E-state index contributed by atoms with van der Waals surface area (Å²) in [6.07, 6.45) is 14.5. The van der Waals surface area contributed by atoms with Crippen molar-refractivity contribution in [3.63, 3.8) is 0 Å². The minimum absolute atomic E-state index is 0.106. The maximum Gasteiger partial charge on any atom is 0.201 e. The summed E-state index contributed by atoms with van der Waals surface area (Å²) < 4.78 is 39.9. The van der Waals surface area contributed by atoms with E-state index in [2.05, 4.69) is 49.7 Å². The fraction of sp³-hybridized carbons (Fsp3) is 0.344. The van der Waals surface area contributed by atoms with Gasteiger partial charge in [0.1, 0.15) is 6.61 Å². The molecule has 0 amide bonds. The average Bonchev–Trinajstić information content (AvgIpc) is 2.92. The van der Waals surface area contributed by atoms with Crippen molar-refractivity contribution in [2.45, 2.75) is 58.5 Å². The molecule has 0 saturated carbocycles. The Kier molecular flexibility index (Phi) is 11.5. The highest BCUT2D eigenvalue weighted by Crippen LogP contribution is 2.30. The molecule has 0 fully saturated rings. The van der Waals surface area contributed by atoms with Gasteiger partial charge in [-0.3, -0.25) is 4.98 Å². The zero-order valence-corrected chi connectivity index (χ0v) is 21.9. The first-order valence-electron chi connectivity index (χ1n) is 13.1. The first-order valence-corrected chi connectivity index (χ1v) is 13.1. The Morgan fingerprint density at radius 1 is 0.946 bits per heavy atom. The second kappa shape index (κ2) is 15.1. The van der Waals surface area contributed by atoms with Crippen molar-refractivity contribution in [3.8, 4) is 28.1 Å². The fourth-order valence-corrected chi connectivity index (χ4v) is 3.97. The van der Waals surface area contributed by atoms with Gasteiger partial charge in [0.2, 0.25) is 5.82 Å².